The van der Waals surface area contributed by atoms with Gasteiger partial charge in [-0.15, -0.1) is 0 Å². The maximum absolute atomic E-state index is 13.0. The number of likely N-dealkylation sites (tertiary alicyclic amines) is 1. The second-order valence-electron chi connectivity index (χ2n) is 6.61. The van der Waals surface area contributed by atoms with Gasteiger partial charge >= 0.3 is 0 Å². The number of halogens is 2. The van der Waals surface area contributed by atoms with Crippen LogP contribution in [0.2, 0.25) is 10.0 Å². The second kappa shape index (κ2) is 7.29. The lowest BCUT2D eigenvalue weighted by atomic mass is 10.1. The maximum atomic E-state index is 13.0. The topological polar surface area (TPSA) is 38.1 Å². The third kappa shape index (κ3) is 3.31. The van der Waals surface area contributed by atoms with E-state index >= 15 is 0 Å². The molecule has 0 saturated carbocycles. The van der Waals surface area contributed by atoms with Crippen LogP contribution in [0.4, 0.5) is 0 Å². The number of nitrogens with zero attached hydrogens (tertiary/aromatic N) is 3. The molecule has 134 valence electrons. The van der Waals surface area contributed by atoms with Crippen LogP contribution in [0.25, 0.3) is 10.9 Å². The molecule has 0 bridgehead atoms. The van der Waals surface area contributed by atoms with Crippen molar-refractivity contribution < 1.29 is 4.79 Å². The number of carbonyl (C=O) groups excluding carboxylic acids is 1. The van der Waals surface area contributed by atoms with Gasteiger partial charge in [0, 0.05) is 28.5 Å². The Morgan fingerprint density at radius 2 is 1.81 bits per heavy atom. The smallest absolute Gasteiger partial charge is 0.275 e. The fourth-order valence-corrected chi connectivity index (χ4v) is 3.93. The molecule has 0 aliphatic carbocycles. The van der Waals surface area contributed by atoms with E-state index in [1.54, 1.807) is 6.07 Å². The van der Waals surface area contributed by atoms with Crippen molar-refractivity contribution in [1.82, 2.24) is 14.7 Å². The number of rotatable bonds is 3. The lowest BCUT2D eigenvalue weighted by molar-refractivity contribution is 0.0719. The van der Waals surface area contributed by atoms with Gasteiger partial charge in [-0.3, -0.25) is 9.48 Å². The number of amides is 1. The minimum absolute atomic E-state index is 0.0156. The van der Waals surface area contributed by atoms with E-state index in [1.165, 1.54) is 6.42 Å². The molecule has 1 saturated heterocycles. The maximum Gasteiger partial charge on any atom is 0.275 e. The van der Waals surface area contributed by atoms with Crippen molar-refractivity contribution in [3.05, 3.63) is 63.8 Å². The fourth-order valence-electron chi connectivity index (χ4n) is 3.46. The highest BCUT2D eigenvalue weighted by Gasteiger charge is 2.24. The summed E-state index contributed by atoms with van der Waals surface area (Å²) >= 11 is 12.3. The summed E-state index contributed by atoms with van der Waals surface area (Å²) in [5.41, 5.74) is 2.37. The molecular formula is C20H19Cl2N3O. The summed E-state index contributed by atoms with van der Waals surface area (Å²) in [6.07, 6.45) is 3.31. The number of fused-ring (bicyclic) bond motifs is 1. The second-order valence-corrected chi connectivity index (χ2v) is 7.46. The van der Waals surface area contributed by atoms with E-state index in [4.69, 9.17) is 23.2 Å². The number of piperidine rings is 1. The van der Waals surface area contributed by atoms with Crippen LogP contribution in [0, 0.1) is 0 Å². The van der Waals surface area contributed by atoms with Crippen molar-refractivity contribution in [2.45, 2.75) is 25.8 Å². The normalized spacial score (nSPS) is 14.8. The lowest BCUT2D eigenvalue weighted by Gasteiger charge is -2.25. The third-order valence-electron chi connectivity index (χ3n) is 4.84. The number of hydrogen-bond donors (Lipinski definition) is 0. The summed E-state index contributed by atoms with van der Waals surface area (Å²) < 4.78 is 1.85. The van der Waals surface area contributed by atoms with E-state index in [0.717, 1.165) is 42.4 Å². The zero-order chi connectivity index (χ0) is 18.1. The van der Waals surface area contributed by atoms with E-state index in [-0.39, 0.29) is 5.91 Å². The van der Waals surface area contributed by atoms with Gasteiger partial charge in [-0.1, -0.05) is 47.5 Å². The standard InChI is InChI=1S/C20H19Cl2N3O/c21-15-9-8-14(17(22)12-15)13-25-18-7-3-2-6-16(18)19(23-25)20(26)24-10-4-1-5-11-24/h2-3,6-9,12H,1,4-5,10-11,13H2. The molecule has 0 N–H and O–H groups in total. The van der Waals surface area contributed by atoms with Crippen molar-refractivity contribution in [1.29, 1.82) is 0 Å². The highest BCUT2D eigenvalue weighted by molar-refractivity contribution is 6.35. The average Bonchev–Trinajstić information content (AvgIpc) is 3.03. The van der Waals surface area contributed by atoms with Gasteiger partial charge in [0.25, 0.3) is 5.91 Å². The van der Waals surface area contributed by atoms with E-state index in [2.05, 4.69) is 5.10 Å². The van der Waals surface area contributed by atoms with Crippen LogP contribution in [0.5, 0.6) is 0 Å². The summed E-state index contributed by atoms with van der Waals surface area (Å²) in [7, 11) is 0. The summed E-state index contributed by atoms with van der Waals surface area (Å²) in [4.78, 5) is 14.9. The van der Waals surface area contributed by atoms with E-state index in [0.29, 0.717) is 22.3 Å². The minimum Gasteiger partial charge on any atom is -0.337 e. The lowest BCUT2D eigenvalue weighted by Crippen LogP contribution is -2.36. The number of aromatic nitrogens is 2. The third-order valence-corrected chi connectivity index (χ3v) is 5.43. The van der Waals surface area contributed by atoms with Crippen molar-refractivity contribution >= 4 is 40.0 Å². The molecule has 2 aromatic carbocycles. The molecule has 26 heavy (non-hydrogen) atoms. The van der Waals surface area contributed by atoms with Crippen LogP contribution in [-0.2, 0) is 6.54 Å². The molecule has 0 spiro atoms. The first-order valence-electron chi connectivity index (χ1n) is 8.82. The molecule has 0 radical (unpaired) electrons. The molecule has 2 heterocycles. The Morgan fingerprint density at radius 3 is 2.58 bits per heavy atom. The molecule has 1 aliphatic heterocycles. The van der Waals surface area contributed by atoms with Gasteiger partial charge in [0.05, 0.1) is 12.1 Å². The SMILES string of the molecule is O=C(c1nn(Cc2ccc(Cl)cc2Cl)c2ccccc12)N1CCCCC1. The zero-order valence-corrected chi connectivity index (χ0v) is 15.8. The van der Waals surface area contributed by atoms with Gasteiger partial charge in [0.2, 0.25) is 0 Å². The molecule has 6 heteroatoms. The average molecular weight is 388 g/mol. The fraction of sp³-hybridized carbons (Fsp3) is 0.300. The molecule has 1 aromatic heterocycles. The van der Waals surface area contributed by atoms with Gasteiger partial charge in [0.15, 0.2) is 5.69 Å². The Balaban J connectivity index is 1.73. The molecule has 0 unspecified atom stereocenters. The minimum atomic E-state index is 0.0156. The number of para-hydroxylation sites is 1. The first-order valence-corrected chi connectivity index (χ1v) is 9.58. The molecule has 3 aromatic rings. The molecule has 1 aliphatic rings. The monoisotopic (exact) mass is 387 g/mol. The van der Waals surface area contributed by atoms with Crippen molar-refractivity contribution in [2.75, 3.05) is 13.1 Å². The summed E-state index contributed by atoms with van der Waals surface area (Å²) in [5, 5.41) is 6.74. The van der Waals surface area contributed by atoms with Gasteiger partial charge < -0.3 is 4.90 Å². The van der Waals surface area contributed by atoms with Crippen molar-refractivity contribution in [3.63, 3.8) is 0 Å². The van der Waals surface area contributed by atoms with Crippen LogP contribution in [0.15, 0.2) is 42.5 Å². The largest absolute Gasteiger partial charge is 0.337 e. The Morgan fingerprint density at radius 1 is 1.04 bits per heavy atom. The van der Waals surface area contributed by atoms with Crippen LogP contribution in [0.3, 0.4) is 0 Å². The quantitative estimate of drug-likeness (QED) is 0.632. The molecule has 4 nitrogen and oxygen atoms in total. The van der Waals surface area contributed by atoms with Gasteiger partial charge in [-0.2, -0.15) is 5.10 Å². The predicted octanol–water partition coefficient (Wildman–Crippen LogP) is 5.02. The first kappa shape index (κ1) is 17.4. The van der Waals surface area contributed by atoms with Crippen molar-refractivity contribution in [3.8, 4) is 0 Å². The zero-order valence-electron chi connectivity index (χ0n) is 14.3. The molecule has 4 rings (SSSR count). The Hall–Kier alpha value is -2.04. The van der Waals surface area contributed by atoms with Crippen LogP contribution < -0.4 is 0 Å². The Bertz CT molecular complexity index is 961. The van der Waals surface area contributed by atoms with Crippen LogP contribution in [-0.4, -0.2) is 33.7 Å². The summed E-state index contributed by atoms with van der Waals surface area (Å²) in [6.45, 7) is 2.11. The van der Waals surface area contributed by atoms with Crippen molar-refractivity contribution in [2.24, 2.45) is 0 Å². The number of hydrogen-bond acceptors (Lipinski definition) is 2. The number of benzene rings is 2. The molecule has 1 fully saturated rings. The van der Waals surface area contributed by atoms with Gasteiger partial charge in [0.1, 0.15) is 0 Å². The molecular weight excluding hydrogens is 369 g/mol. The van der Waals surface area contributed by atoms with Crippen LogP contribution in [0.1, 0.15) is 35.3 Å². The van der Waals surface area contributed by atoms with Gasteiger partial charge in [-0.05, 0) is 43.0 Å². The van der Waals surface area contributed by atoms with E-state index in [1.807, 2.05) is 46.0 Å². The Kier molecular flexibility index (Phi) is 4.88. The summed E-state index contributed by atoms with van der Waals surface area (Å²) in [6, 6.07) is 13.3. The van der Waals surface area contributed by atoms with E-state index in [9.17, 15) is 4.79 Å². The van der Waals surface area contributed by atoms with Gasteiger partial charge in [-0.25, -0.2) is 0 Å². The first-order chi connectivity index (χ1) is 12.6. The highest BCUT2D eigenvalue weighted by Crippen LogP contribution is 2.25. The highest BCUT2D eigenvalue weighted by atomic mass is 35.5. The Labute approximate surface area is 162 Å². The number of carbonyl (C=O) groups is 1. The predicted molar refractivity (Wildman–Crippen MR) is 105 cm³/mol. The summed E-state index contributed by atoms with van der Waals surface area (Å²) in [5.74, 6) is 0.0156. The molecule has 1 amide bonds. The van der Waals surface area contributed by atoms with E-state index < -0.39 is 0 Å². The van der Waals surface area contributed by atoms with Crippen LogP contribution >= 0.6 is 23.2 Å². The molecule has 0 atom stereocenters.